The number of hydrogen-bond donors (Lipinski definition) is 2. The van der Waals surface area contributed by atoms with E-state index in [0.29, 0.717) is 33.3 Å². The zero-order chi connectivity index (χ0) is 15.9. The van der Waals surface area contributed by atoms with Gasteiger partial charge in [-0.15, -0.1) is 0 Å². The highest BCUT2D eigenvalue weighted by atomic mass is 35.5. The molecule has 1 aromatic carbocycles. The van der Waals surface area contributed by atoms with Crippen molar-refractivity contribution in [2.75, 3.05) is 0 Å². The van der Waals surface area contributed by atoms with Crippen molar-refractivity contribution in [3.63, 3.8) is 0 Å². The van der Waals surface area contributed by atoms with Crippen LogP contribution in [0.1, 0.15) is 18.2 Å². The molecule has 3 rings (SSSR count). The largest absolute Gasteiger partial charge is 0.295 e. The number of hydrazone groups is 1. The lowest BCUT2D eigenvalue weighted by atomic mass is 10.1. The third-order valence-electron chi connectivity index (χ3n) is 3.43. The number of amides is 1. The van der Waals surface area contributed by atoms with Gasteiger partial charge in [-0.3, -0.25) is 14.7 Å². The second-order valence-corrected chi connectivity index (χ2v) is 5.40. The standard InChI is InChI=1S/C15H13ClN4O2/c1-8-12(14(21)18-17-8)7-13-9(2)19-20(15(13)22)11-5-3-4-10(16)6-11/h3-7,19H,1-2H3,(H,18,21)/b12-7+. The van der Waals surface area contributed by atoms with Crippen LogP contribution in [0.25, 0.3) is 11.8 Å². The highest BCUT2D eigenvalue weighted by Gasteiger charge is 2.21. The molecule has 0 aliphatic carbocycles. The van der Waals surface area contributed by atoms with E-state index in [4.69, 9.17) is 11.6 Å². The van der Waals surface area contributed by atoms with Crippen LogP contribution < -0.4 is 11.0 Å². The molecule has 0 unspecified atom stereocenters. The van der Waals surface area contributed by atoms with Crippen molar-refractivity contribution < 1.29 is 4.79 Å². The lowest BCUT2D eigenvalue weighted by molar-refractivity contribution is -0.116. The lowest BCUT2D eigenvalue weighted by Crippen LogP contribution is -2.17. The van der Waals surface area contributed by atoms with Gasteiger partial charge in [0.2, 0.25) is 0 Å². The minimum absolute atomic E-state index is 0.250. The summed E-state index contributed by atoms with van der Waals surface area (Å²) in [5, 5.41) is 7.37. The van der Waals surface area contributed by atoms with Crippen molar-refractivity contribution in [1.29, 1.82) is 0 Å². The number of aryl methyl sites for hydroxylation is 1. The third kappa shape index (κ3) is 2.37. The lowest BCUT2D eigenvalue weighted by Gasteiger charge is -2.01. The second kappa shape index (κ2) is 5.31. The number of hydrogen-bond acceptors (Lipinski definition) is 3. The van der Waals surface area contributed by atoms with Gasteiger partial charge in [0.05, 0.1) is 22.5 Å². The molecule has 0 bridgehead atoms. The molecule has 6 nitrogen and oxygen atoms in total. The molecule has 1 aromatic heterocycles. The number of halogens is 1. The Morgan fingerprint density at radius 3 is 2.68 bits per heavy atom. The van der Waals surface area contributed by atoms with Crippen molar-refractivity contribution in [2.24, 2.45) is 5.10 Å². The van der Waals surface area contributed by atoms with Gasteiger partial charge >= 0.3 is 0 Å². The molecular weight excluding hydrogens is 304 g/mol. The van der Waals surface area contributed by atoms with E-state index in [1.54, 1.807) is 44.2 Å². The first-order valence-electron chi connectivity index (χ1n) is 6.61. The Morgan fingerprint density at radius 2 is 2.05 bits per heavy atom. The zero-order valence-electron chi connectivity index (χ0n) is 12.0. The molecule has 22 heavy (non-hydrogen) atoms. The molecule has 2 heterocycles. The number of carbonyl (C=O) groups excluding carboxylic acids is 1. The summed E-state index contributed by atoms with van der Waals surface area (Å²) in [5.74, 6) is -0.313. The summed E-state index contributed by atoms with van der Waals surface area (Å²) >= 11 is 5.96. The summed E-state index contributed by atoms with van der Waals surface area (Å²) in [7, 11) is 0. The van der Waals surface area contributed by atoms with E-state index in [1.807, 2.05) is 0 Å². The minimum atomic E-state index is -0.313. The maximum atomic E-state index is 12.6. The first kappa shape index (κ1) is 14.3. The fourth-order valence-electron chi connectivity index (χ4n) is 2.26. The molecule has 0 radical (unpaired) electrons. The van der Waals surface area contributed by atoms with Crippen LogP contribution >= 0.6 is 11.6 Å². The van der Waals surface area contributed by atoms with Crippen LogP contribution in [0.15, 0.2) is 39.7 Å². The molecule has 0 saturated heterocycles. The van der Waals surface area contributed by atoms with E-state index >= 15 is 0 Å². The molecule has 0 atom stereocenters. The van der Waals surface area contributed by atoms with Gasteiger partial charge < -0.3 is 0 Å². The van der Waals surface area contributed by atoms with E-state index in [1.165, 1.54) is 4.68 Å². The molecule has 1 aliphatic rings. The average Bonchev–Trinajstić information content (AvgIpc) is 2.94. The second-order valence-electron chi connectivity index (χ2n) is 4.97. The van der Waals surface area contributed by atoms with Crippen molar-refractivity contribution in [1.82, 2.24) is 15.2 Å². The Labute approximate surface area is 131 Å². The number of aromatic amines is 1. The molecule has 0 spiro atoms. The van der Waals surface area contributed by atoms with Crippen molar-refractivity contribution in [3.8, 4) is 5.69 Å². The fourth-order valence-corrected chi connectivity index (χ4v) is 2.44. The quantitative estimate of drug-likeness (QED) is 0.831. The topological polar surface area (TPSA) is 79.2 Å². The summed E-state index contributed by atoms with van der Waals surface area (Å²) in [5.41, 5.74) is 4.77. The van der Waals surface area contributed by atoms with E-state index in [9.17, 15) is 9.59 Å². The van der Waals surface area contributed by atoms with Crippen LogP contribution in [0.4, 0.5) is 0 Å². The minimum Gasteiger partial charge on any atom is -0.295 e. The van der Waals surface area contributed by atoms with Gasteiger partial charge in [0, 0.05) is 10.7 Å². The van der Waals surface area contributed by atoms with Crippen molar-refractivity contribution in [2.45, 2.75) is 13.8 Å². The molecule has 2 N–H and O–H groups in total. The van der Waals surface area contributed by atoms with Gasteiger partial charge in [-0.1, -0.05) is 17.7 Å². The van der Waals surface area contributed by atoms with Crippen LogP contribution in [0.5, 0.6) is 0 Å². The average molecular weight is 317 g/mol. The number of nitrogens with zero attached hydrogens (tertiary/aromatic N) is 2. The van der Waals surface area contributed by atoms with E-state index in [0.717, 1.165) is 0 Å². The number of rotatable bonds is 2. The third-order valence-corrected chi connectivity index (χ3v) is 3.67. The number of aromatic nitrogens is 2. The highest BCUT2D eigenvalue weighted by molar-refractivity contribution is 6.30. The molecule has 112 valence electrons. The fraction of sp³-hybridized carbons (Fsp3) is 0.133. The zero-order valence-corrected chi connectivity index (χ0v) is 12.7. The van der Waals surface area contributed by atoms with Crippen LogP contribution in [0, 0.1) is 6.92 Å². The predicted octanol–water partition coefficient (Wildman–Crippen LogP) is 2.02. The summed E-state index contributed by atoms with van der Waals surface area (Å²) in [6.07, 6.45) is 1.55. The monoisotopic (exact) mass is 316 g/mol. The van der Waals surface area contributed by atoms with Gasteiger partial charge in [-0.2, -0.15) is 5.10 Å². The van der Waals surface area contributed by atoms with Crippen LogP contribution in [-0.2, 0) is 4.79 Å². The SMILES string of the molecule is CC1=NNC(=O)/C1=C/c1c(C)[nH]n(-c2cccc(Cl)c2)c1=O. The van der Waals surface area contributed by atoms with Gasteiger partial charge in [0.15, 0.2) is 0 Å². The molecule has 2 aromatic rings. The molecular formula is C15H13ClN4O2. The predicted molar refractivity (Wildman–Crippen MR) is 85.4 cm³/mol. The Kier molecular flexibility index (Phi) is 3.46. The summed E-state index contributed by atoms with van der Waals surface area (Å²) < 4.78 is 1.40. The molecule has 0 fully saturated rings. The van der Waals surface area contributed by atoms with Gasteiger partial charge in [-0.05, 0) is 38.1 Å². The van der Waals surface area contributed by atoms with Crippen LogP contribution in [-0.4, -0.2) is 21.4 Å². The molecule has 0 saturated carbocycles. The van der Waals surface area contributed by atoms with Crippen LogP contribution in [0.3, 0.4) is 0 Å². The number of H-pyrrole nitrogens is 1. The number of nitrogens with one attached hydrogen (secondary N) is 2. The molecule has 7 heteroatoms. The Balaban J connectivity index is 2.13. The maximum Gasteiger partial charge on any atom is 0.278 e. The normalized spacial score (nSPS) is 16.0. The molecule has 1 amide bonds. The van der Waals surface area contributed by atoms with Crippen molar-refractivity contribution >= 4 is 29.3 Å². The van der Waals surface area contributed by atoms with E-state index < -0.39 is 0 Å². The summed E-state index contributed by atoms with van der Waals surface area (Å²) in [4.78, 5) is 24.3. The highest BCUT2D eigenvalue weighted by Crippen LogP contribution is 2.16. The van der Waals surface area contributed by atoms with Gasteiger partial charge in [0.1, 0.15) is 0 Å². The van der Waals surface area contributed by atoms with E-state index in [2.05, 4.69) is 15.6 Å². The molecule has 1 aliphatic heterocycles. The number of benzene rings is 1. The first-order chi connectivity index (χ1) is 10.5. The van der Waals surface area contributed by atoms with Gasteiger partial charge in [-0.25, -0.2) is 10.1 Å². The Hall–Kier alpha value is -2.60. The Bertz CT molecular complexity index is 889. The van der Waals surface area contributed by atoms with E-state index in [-0.39, 0.29) is 11.5 Å². The maximum absolute atomic E-state index is 12.6. The van der Waals surface area contributed by atoms with Gasteiger partial charge in [0.25, 0.3) is 11.5 Å². The summed E-state index contributed by atoms with van der Waals surface area (Å²) in [6.45, 7) is 3.48. The first-order valence-corrected chi connectivity index (χ1v) is 6.99. The van der Waals surface area contributed by atoms with Crippen molar-refractivity contribution in [3.05, 3.63) is 56.5 Å². The number of carbonyl (C=O) groups is 1. The smallest absolute Gasteiger partial charge is 0.278 e. The Morgan fingerprint density at radius 1 is 1.27 bits per heavy atom. The van der Waals surface area contributed by atoms with Crippen LogP contribution in [0.2, 0.25) is 5.02 Å². The summed E-state index contributed by atoms with van der Waals surface area (Å²) in [6, 6.07) is 6.96.